The first kappa shape index (κ1) is 18.3. The highest BCUT2D eigenvalue weighted by Gasteiger charge is 2.45. The molecule has 0 saturated carbocycles. The van der Waals surface area contributed by atoms with Gasteiger partial charge in [0.25, 0.3) is 0 Å². The molecule has 0 spiro atoms. The fraction of sp³-hybridized carbons (Fsp3) is 0.143. The lowest BCUT2D eigenvalue weighted by molar-refractivity contribution is 0.767. The third kappa shape index (κ3) is 2.60. The predicted octanol–water partition coefficient (Wildman–Crippen LogP) is 7.38. The van der Waals surface area contributed by atoms with E-state index in [1.165, 1.54) is 38.9 Å². The zero-order valence-electron chi connectivity index (χ0n) is 16.8. The number of hydrogen-bond acceptors (Lipinski definition) is 0. The second-order valence-electron chi connectivity index (χ2n) is 7.08. The van der Waals surface area contributed by atoms with Crippen molar-refractivity contribution in [2.75, 3.05) is 0 Å². The molecule has 0 aromatic heterocycles. The van der Waals surface area contributed by atoms with Crippen molar-refractivity contribution < 1.29 is 0 Å². The van der Waals surface area contributed by atoms with Crippen LogP contribution in [0, 0.1) is 6.92 Å². The molecule has 1 aliphatic rings. The fourth-order valence-corrected chi connectivity index (χ4v) is 4.56. The van der Waals surface area contributed by atoms with Crippen molar-refractivity contribution in [1.29, 1.82) is 0 Å². The van der Waals surface area contributed by atoms with E-state index in [1.54, 1.807) is 0 Å². The third-order valence-corrected chi connectivity index (χ3v) is 5.61. The van der Waals surface area contributed by atoms with Crippen molar-refractivity contribution in [3.05, 3.63) is 131 Å². The number of aryl methyl sites for hydroxylation is 1. The minimum atomic E-state index is -0.263. The lowest BCUT2D eigenvalue weighted by atomic mass is 9.67. The van der Waals surface area contributed by atoms with Crippen LogP contribution in [0.3, 0.4) is 0 Å². The third-order valence-electron chi connectivity index (χ3n) is 5.61. The van der Waals surface area contributed by atoms with E-state index in [1.807, 2.05) is 13.8 Å². The van der Waals surface area contributed by atoms with Gasteiger partial charge in [-0.15, -0.1) is 0 Å². The average molecular weight is 363 g/mol. The SMILES string of the molecule is CC.Cc1ccc2c(c1)C(c1ccccc1)(c1ccccc1)c1ccccc1-2. The molecule has 0 heteroatoms. The van der Waals surface area contributed by atoms with Gasteiger partial charge in [-0.1, -0.05) is 123 Å². The summed E-state index contributed by atoms with van der Waals surface area (Å²) < 4.78 is 0. The molecule has 0 unspecified atom stereocenters. The summed E-state index contributed by atoms with van der Waals surface area (Å²) in [4.78, 5) is 0. The summed E-state index contributed by atoms with van der Waals surface area (Å²) in [6, 6.07) is 37.6. The Balaban J connectivity index is 0.000000932. The quantitative estimate of drug-likeness (QED) is 0.307. The van der Waals surface area contributed by atoms with Gasteiger partial charge >= 0.3 is 0 Å². The highest BCUT2D eigenvalue weighted by Crippen LogP contribution is 2.55. The molecule has 4 aromatic carbocycles. The molecule has 4 aromatic rings. The van der Waals surface area contributed by atoms with Gasteiger partial charge in [0.1, 0.15) is 0 Å². The monoisotopic (exact) mass is 362 g/mol. The number of hydrogen-bond donors (Lipinski definition) is 0. The lowest BCUT2D eigenvalue weighted by Crippen LogP contribution is -2.28. The summed E-state index contributed by atoms with van der Waals surface area (Å²) >= 11 is 0. The Morgan fingerprint density at radius 3 is 1.61 bits per heavy atom. The normalized spacial score (nSPS) is 13.1. The molecule has 1 aliphatic carbocycles. The van der Waals surface area contributed by atoms with Crippen molar-refractivity contribution >= 4 is 0 Å². The molecule has 138 valence electrons. The molecule has 28 heavy (non-hydrogen) atoms. The molecule has 0 fully saturated rings. The van der Waals surface area contributed by atoms with Gasteiger partial charge in [-0.3, -0.25) is 0 Å². The Bertz CT molecular complexity index is 1040. The molecule has 0 bridgehead atoms. The van der Waals surface area contributed by atoms with Crippen LogP contribution in [0.15, 0.2) is 103 Å². The van der Waals surface area contributed by atoms with Crippen molar-refractivity contribution in [3.63, 3.8) is 0 Å². The van der Waals surface area contributed by atoms with Gasteiger partial charge in [0.05, 0.1) is 5.41 Å². The van der Waals surface area contributed by atoms with E-state index in [0.29, 0.717) is 0 Å². The van der Waals surface area contributed by atoms with Gasteiger partial charge in [-0.05, 0) is 40.3 Å². The standard InChI is InChI=1S/C26H20.C2H6/c1-19-16-17-23-22-14-8-9-15-24(22)26(25(23)18-19,20-10-4-2-5-11-20)21-12-6-3-7-13-21;1-2/h2-18H,1H3;1-2H3. The Labute approximate surface area is 168 Å². The van der Waals surface area contributed by atoms with Crippen LogP contribution in [-0.4, -0.2) is 0 Å². The second kappa shape index (κ2) is 7.48. The van der Waals surface area contributed by atoms with Crippen molar-refractivity contribution in [2.24, 2.45) is 0 Å². The van der Waals surface area contributed by atoms with E-state index in [2.05, 4.69) is 110 Å². The van der Waals surface area contributed by atoms with E-state index in [-0.39, 0.29) is 5.41 Å². The van der Waals surface area contributed by atoms with Crippen LogP contribution in [0.1, 0.15) is 41.7 Å². The Morgan fingerprint density at radius 2 is 1.00 bits per heavy atom. The minimum absolute atomic E-state index is 0.263. The predicted molar refractivity (Wildman–Crippen MR) is 120 cm³/mol. The van der Waals surface area contributed by atoms with E-state index >= 15 is 0 Å². The maximum atomic E-state index is 2.37. The molecule has 0 saturated heterocycles. The molecule has 0 amide bonds. The van der Waals surface area contributed by atoms with Crippen LogP contribution < -0.4 is 0 Å². The van der Waals surface area contributed by atoms with Gasteiger partial charge in [0.15, 0.2) is 0 Å². The van der Waals surface area contributed by atoms with Crippen molar-refractivity contribution in [1.82, 2.24) is 0 Å². The van der Waals surface area contributed by atoms with Gasteiger partial charge < -0.3 is 0 Å². The Kier molecular flexibility index (Phi) is 4.88. The maximum Gasteiger partial charge on any atom is 0.0713 e. The van der Waals surface area contributed by atoms with E-state index < -0.39 is 0 Å². The molecule has 0 heterocycles. The molecular weight excluding hydrogens is 336 g/mol. The molecule has 0 radical (unpaired) electrons. The van der Waals surface area contributed by atoms with Gasteiger partial charge in [0, 0.05) is 0 Å². The highest BCUT2D eigenvalue weighted by molar-refractivity contribution is 5.86. The molecule has 0 aliphatic heterocycles. The van der Waals surface area contributed by atoms with Crippen LogP contribution in [0.5, 0.6) is 0 Å². The van der Waals surface area contributed by atoms with Crippen LogP contribution in [0.2, 0.25) is 0 Å². The molecular formula is C28H26. The summed E-state index contributed by atoms with van der Waals surface area (Å²) in [5.74, 6) is 0. The Morgan fingerprint density at radius 1 is 0.500 bits per heavy atom. The van der Waals surface area contributed by atoms with Crippen molar-refractivity contribution in [3.8, 4) is 11.1 Å². The molecule has 0 nitrogen and oxygen atoms in total. The number of rotatable bonds is 2. The topological polar surface area (TPSA) is 0 Å². The van der Waals surface area contributed by atoms with Gasteiger partial charge in [-0.2, -0.15) is 0 Å². The summed E-state index contributed by atoms with van der Waals surface area (Å²) in [6.07, 6.45) is 0. The Hall–Kier alpha value is -3.12. The number of benzene rings is 4. The van der Waals surface area contributed by atoms with Crippen LogP contribution in [-0.2, 0) is 5.41 Å². The smallest absolute Gasteiger partial charge is 0.0683 e. The zero-order chi connectivity index (χ0) is 19.6. The second-order valence-corrected chi connectivity index (χ2v) is 7.08. The molecule has 0 N–H and O–H groups in total. The number of fused-ring (bicyclic) bond motifs is 3. The average Bonchev–Trinajstić information content (AvgIpc) is 3.07. The summed E-state index contributed by atoms with van der Waals surface area (Å²) in [7, 11) is 0. The highest BCUT2D eigenvalue weighted by atomic mass is 14.5. The molecule has 0 atom stereocenters. The van der Waals surface area contributed by atoms with Crippen molar-refractivity contribution in [2.45, 2.75) is 26.2 Å². The summed E-state index contributed by atoms with van der Waals surface area (Å²) in [6.45, 7) is 6.18. The van der Waals surface area contributed by atoms with Crippen LogP contribution in [0.25, 0.3) is 11.1 Å². The molecule has 5 rings (SSSR count). The van der Waals surface area contributed by atoms with Crippen LogP contribution in [0.4, 0.5) is 0 Å². The van der Waals surface area contributed by atoms with Gasteiger partial charge in [0.2, 0.25) is 0 Å². The first-order valence-electron chi connectivity index (χ1n) is 10.1. The summed E-state index contributed by atoms with van der Waals surface area (Å²) in [5.41, 5.74) is 9.13. The summed E-state index contributed by atoms with van der Waals surface area (Å²) in [5, 5.41) is 0. The first-order chi connectivity index (χ1) is 13.8. The zero-order valence-corrected chi connectivity index (χ0v) is 16.8. The van der Waals surface area contributed by atoms with Gasteiger partial charge in [-0.25, -0.2) is 0 Å². The minimum Gasteiger partial charge on any atom is -0.0683 e. The fourth-order valence-electron chi connectivity index (χ4n) is 4.56. The van der Waals surface area contributed by atoms with E-state index in [0.717, 1.165) is 0 Å². The maximum absolute atomic E-state index is 2.37. The van der Waals surface area contributed by atoms with E-state index in [9.17, 15) is 0 Å². The van der Waals surface area contributed by atoms with E-state index in [4.69, 9.17) is 0 Å². The first-order valence-corrected chi connectivity index (χ1v) is 10.1. The largest absolute Gasteiger partial charge is 0.0713 e. The lowest BCUT2D eigenvalue weighted by Gasteiger charge is -2.34. The van der Waals surface area contributed by atoms with Crippen LogP contribution >= 0.6 is 0 Å².